The molecular formula is C51H76N2O8. The number of nitrogens with one attached hydrogen (secondary N) is 2. The van der Waals surface area contributed by atoms with E-state index in [-0.39, 0.29) is 62.9 Å². The molecule has 5 aliphatic rings. The molecule has 6 rings (SSSR count). The summed E-state index contributed by atoms with van der Waals surface area (Å²) < 4.78 is 6.18. The monoisotopic (exact) mass is 845 g/mol. The second kappa shape index (κ2) is 17.5. The summed E-state index contributed by atoms with van der Waals surface area (Å²) in [6, 6.07) is 6.18. The van der Waals surface area contributed by atoms with Crippen molar-refractivity contribution in [3.63, 3.8) is 0 Å². The number of carboxylic acid groups (broad SMARTS) is 2. The topological polar surface area (TPSA) is 159 Å². The van der Waals surface area contributed by atoms with Gasteiger partial charge in [-0.1, -0.05) is 66.0 Å². The van der Waals surface area contributed by atoms with E-state index in [9.17, 15) is 29.1 Å². The second-order valence-electron chi connectivity index (χ2n) is 22.3. The first-order chi connectivity index (χ1) is 28.5. The number of benzene rings is 1. The third-order valence-corrected chi connectivity index (χ3v) is 18.2. The van der Waals surface area contributed by atoms with E-state index in [2.05, 4.69) is 58.8 Å². The van der Waals surface area contributed by atoms with Gasteiger partial charge in [-0.25, -0.2) is 4.79 Å². The maximum atomic E-state index is 14.6. The Hall–Kier alpha value is -3.69. The summed E-state index contributed by atoms with van der Waals surface area (Å²) in [4.78, 5) is 63.0. The van der Waals surface area contributed by atoms with Crippen LogP contribution in [0.4, 0.5) is 5.69 Å². The molecule has 0 heterocycles. The fourth-order valence-corrected chi connectivity index (χ4v) is 14.6. The molecule has 338 valence electrons. The van der Waals surface area contributed by atoms with Crippen LogP contribution in [0.3, 0.4) is 0 Å². The standard InChI is InChI=1S/C51H76N2O8/c1-32(2)35-22-27-51(44(58)52-30-14-12-10-11-13-15-40(54)53-34-18-16-33(17-19-34)43(56)57)29-28-49(8)36(42(35)51)20-21-38-48(7)25-24-39(61-41(55)31-46(3,4)45(59)60)47(5,6)37(48)23-26-50(38,49)9/h16-19,35-39,42H,1,10-15,20-31H2,2-9H3,(H,52,58)(H,53,54)(H,56,57)(H,59,60)/t35-,36+,37-,38+,39-,42+,48-,49+,50+,51-/m0/s1. The third-order valence-electron chi connectivity index (χ3n) is 18.2. The Morgan fingerprint density at radius 3 is 2.11 bits per heavy atom. The van der Waals surface area contributed by atoms with E-state index in [0.717, 1.165) is 96.3 Å². The van der Waals surface area contributed by atoms with Crippen LogP contribution in [0.5, 0.6) is 0 Å². The number of unbranched alkanes of at least 4 members (excludes halogenated alkanes) is 4. The lowest BCUT2D eigenvalue weighted by atomic mass is 9.32. The number of aromatic carboxylic acids is 1. The Kier molecular flexibility index (Phi) is 13.4. The molecule has 5 fully saturated rings. The van der Waals surface area contributed by atoms with Gasteiger partial charge < -0.3 is 25.6 Å². The highest BCUT2D eigenvalue weighted by atomic mass is 16.5. The summed E-state index contributed by atoms with van der Waals surface area (Å²) in [7, 11) is 0. The van der Waals surface area contributed by atoms with Crippen molar-refractivity contribution in [2.24, 2.45) is 62.1 Å². The average Bonchev–Trinajstić information content (AvgIpc) is 3.58. The van der Waals surface area contributed by atoms with E-state index in [4.69, 9.17) is 9.84 Å². The number of anilines is 1. The van der Waals surface area contributed by atoms with E-state index in [0.29, 0.717) is 42.3 Å². The van der Waals surface area contributed by atoms with Gasteiger partial charge in [-0.05, 0) is 168 Å². The summed E-state index contributed by atoms with van der Waals surface area (Å²) in [6.07, 6.45) is 14.9. The minimum Gasteiger partial charge on any atom is -0.481 e. The normalized spacial score (nSPS) is 35.0. The van der Waals surface area contributed by atoms with Gasteiger partial charge in [0.15, 0.2) is 0 Å². The van der Waals surface area contributed by atoms with Gasteiger partial charge in [0.05, 0.1) is 22.8 Å². The van der Waals surface area contributed by atoms with E-state index < -0.39 is 23.3 Å². The average molecular weight is 845 g/mol. The van der Waals surface area contributed by atoms with Gasteiger partial charge >= 0.3 is 17.9 Å². The van der Waals surface area contributed by atoms with Gasteiger partial charge in [0.1, 0.15) is 6.10 Å². The first-order valence-electron chi connectivity index (χ1n) is 23.5. The number of hydrogen-bond donors (Lipinski definition) is 4. The Bertz CT molecular complexity index is 1850. The van der Waals surface area contributed by atoms with Crippen molar-refractivity contribution in [2.75, 3.05) is 11.9 Å². The van der Waals surface area contributed by atoms with Crippen LogP contribution in [0.25, 0.3) is 0 Å². The van der Waals surface area contributed by atoms with Crippen LogP contribution in [0.2, 0.25) is 0 Å². The fourth-order valence-electron chi connectivity index (χ4n) is 14.6. The molecule has 10 nitrogen and oxygen atoms in total. The Labute approximate surface area is 365 Å². The number of carboxylic acids is 2. The lowest BCUT2D eigenvalue weighted by Gasteiger charge is -2.72. The number of hydrogen-bond acceptors (Lipinski definition) is 6. The molecule has 2 amide bonds. The van der Waals surface area contributed by atoms with Gasteiger partial charge in [-0.3, -0.25) is 19.2 Å². The number of aliphatic carboxylic acids is 1. The van der Waals surface area contributed by atoms with E-state index in [1.165, 1.54) is 17.7 Å². The smallest absolute Gasteiger partial charge is 0.335 e. The molecule has 0 aromatic heterocycles. The number of amides is 2. The highest BCUT2D eigenvalue weighted by molar-refractivity contribution is 5.92. The molecule has 4 N–H and O–H groups in total. The molecule has 61 heavy (non-hydrogen) atoms. The minimum absolute atomic E-state index is 0.0748. The molecule has 10 heteroatoms. The summed E-state index contributed by atoms with van der Waals surface area (Å²) >= 11 is 0. The maximum absolute atomic E-state index is 14.6. The molecule has 0 radical (unpaired) electrons. The quantitative estimate of drug-likeness (QED) is 0.0727. The lowest BCUT2D eigenvalue weighted by molar-refractivity contribution is -0.249. The zero-order chi connectivity index (χ0) is 44.8. The van der Waals surface area contributed by atoms with Crippen molar-refractivity contribution in [2.45, 2.75) is 171 Å². The zero-order valence-corrected chi connectivity index (χ0v) is 38.6. The number of allylic oxidation sites excluding steroid dienone is 1. The van der Waals surface area contributed by atoms with Gasteiger partial charge in [-0.2, -0.15) is 0 Å². The van der Waals surface area contributed by atoms with Crippen molar-refractivity contribution in [3.8, 4) is 0 Å². The summed E-state index contributed by atoms with van der Waals surface area (Å²) in [6.45, 7) is 22.8. The van der Waals surface area contributed by atoms with E-state index in [1.54, 1.807) is 26.0 Å². The van der Waals surface area contributed by atoms with Crippen LogP contribution in [-0.4, -0.2) is 52.6 Å². The second-order valence-corrected chi connectivity index (χ2v) is 22.3. The van der Waals surface area contributed by atoms with Crippen molar-refractivity contribution < 1.29 is 38.9 Å². The summed E-state index contributed by atoms with van der Waals surface area (Å²) in [5.74, 6) is -0.232. The van der Waals surface area contributed by atoms with Crippen LogP contribution in [0.15, 0.2) is 36.4 Å². The van der Waals surface area contributed by atoms with Crippen molar-refractivity contribution in [3.05, 3.63) is 42.0 Å². The molecule has 0 saturated heterocycles. The van der Waals surface area contributed by atoms with Crippen LogP contribution < -0.4 is 10.6 Å². The van der Waals surface area contributed by atoms with Crippen molar-refractivity contribution >= 4 is 35.4 Å². The van der Waals surface area contributed by atoms with Gasteiger partial charge in [0, 0.05) is 24.1 Å². The first-order valence-corrected chi connectivity index (χ1v) is 23.5. The number of rotatable bonds is 16. The number of carbonyl (C=O) groups excluding carboxylic acids is 3. The molecular weight excluding hydrogens is 769 g/mol. The van der Waals surface area contributed by atoms with Crippen molar-refractivity contribution in [1.82, 2.24) is 5.32 Å². The Morgan fingerprint density at radius 2 is 1.46 bits per heavy atom. The van der Waals surface area contributed by atoms with Crippen LogP contribution in [0, 0.1) is 62.1 Å². The number of esters is 1. The summed E-state index contributed by atoms with van der Waals surface area (Å²) in [5, 5.41) is 25.0. The molecule has 5 aliphatic carbocycles. The van der Waals surface area contributed by atoms with Gasteiger partial charge in [0.25, 0.3) is 0 Å². The van der Waals surface area contributed by atoms with Crippen LogP contribution >= 0.6 is 0 Å². The predicted molar refractivity (Wildman–Crippen MR) is 238 cm³/mol. The van der Waals surface area contributed by atoms with Crippen LogP contribution in [-0.2, 0) is 23.9 Å². The number of ether oxygens (including phenoxy) is 1. The van der Waals surface area contributed by atoms with E-state index in [1.807, 2.05) is 0 Å². The number of fused-ring (bicyclic) bond motifs is 7. The lowest BCUT2D eigenvalue weighted by Crippen LogP contribution is -2.67. The third kappa shape index (κ3) is 8.56. The molecule has 5 saturated carbocycles. The number of carbonyl (C=O) groups is 5. The Morgan fingerprint density at radius 1 is 0.787 bits per heavy atom. The molecule has 1 aromatic rings. The molecule has 1 aromatic carbocycles. The molecule has 10 atom stereocenters. The predicted octanol–water partition coefficient (Wildman–Crippen LogP) is 10.9. The first kappa shape index (κ1) is 46.8. The molecule has 0 unspecified atom stereocenters. The minimum atomic E-state index is -1.17. The van der Waals surface area contributed by atoms with Crippen LogP contribution in [0.1, 0.15) is 175 Å². The Balaban J connectivity index is 1.05. The molecule has 0 bridgehead atoms. The fraction of sp³-hybridized carbons (Fsp3) is 0.745. The maximum Gasteiger partial charge on any atom is 0.335 e. The summed E-state index contributed by atoms with van der Waals surface area (Å²) in [5.41, 5.74) is 0.537. The van der Waals surface area contributed by atoms with Gasteiger partial charge in [0.2, 0.25) is 11.8 Å². The highest BCUT2D eigenvalue weighted by Crippen LogP contribution is 2.77. The van der Waals surface area contributed by atoms with Crippen molar-refractivity contribution in [1.29, 1.82) is 0 Å². The van der Waals surface area contributed by atoms with Gasteiger partial charge in [-0.15, -0.1) is 0 Å². The highest BCUT2D eigenvalue weighted by Gasteiger charge is 2.72. The SMILES string of the molecule is C=C(C)[C@@H]1CC[C@]2(C(=O)NCCCCCCCC(=O)Nc3ccc(C(=O)O)cc3)CC[C@]3(C)[C@H](CC[C@@H]4[C@@]5(C)CC[C@H](OC(=O)CC(C)(C)C(=O)O)C(C)(C)[C@@H]5CC[C@]43C)[C@@H]12. The molecule has 0 spiro atoms. The molecule has 0 aliphatic heterocycles. The zero-order valence-electron chi connectivity index (χ0n) is 38.6. The largest absolute Gasteiger partial charge is 0.481 e. The van der Waals surface area contributed by atoms with E-state index >= 15 is 0 Å².